The van der Waals surface area contributed by atoms with Crippen LogP contribution in [0.15, 0.2) is 11.6 Å². The maximum absolute atomic E-state index is 11.9. The molecule has 0 bridgehead atoms. The molecule has 5 nitrogen and oxygen atoms in total. The molecule has 0 unspecified atom stereocenters. The molecule has 5 N–H and O–H groups in total. The largest absolute Gasteiger partial charge is 0.396 e. The van der Waals surface area contributed by atoms with Crippen LogP contribution in [0.5, 0.6) is 0 Å². The SMILES string of the molecule is CC1(C)CC[C@]2(CC[C@]3(C)C(=CC[C@@H]4[C@@]5(C)C[C@@H](O)[C@@H](O)C(CO)(CO)[C@@H]5CC[C@]43C)[C@H]2O)C1. The summed E-state index contributed by atoms with van der Waals surface area (Å²) in [4.78, 5) is 0. The summed E-state index contributed by atoms with van der Waals surface area (Å²) in [5, 5.41) is 54.6. The fourth-order valence-corrected chi connectivity index (χ4v) is 10.7. The second-order valence-corrected chi connectivity index (χ2v) is 14.7. The van der Waals surface area contributed by atoms with E-state index >= 15 is 0 Å². The summed E-state index contributed by atoms with van der Waals surface area (Å²) in [6.45, 7) is 11.1. The van der Waals surface area contributed by atoms with Gasteiger partial charge in [0.2, 0.25) is 0 Å². The molecule has 4 fully saturated rings. The molecule has 0 aromatic heterocycles. The molecule has 0 aromatic rings. The van der Waals surface area contributed by atoms with E-state index in [2.05, 4.69) is 40.7 Å². The second kappa shape index (κ2) is 7.54. The fourth-order valence-electron chi connectivity index (χ4n) is 10.7. The molecule has 4 saturated carbocycles. The molecule has 0 aliphatic heterocycles. The van der Waals surface area contributed by atoms with E-state index in [1.807, 2.05) is 0 Å². The zero-order chi connectivity index (χ0) is 24.9. The summed E-state index contributed by atoms with van der Waals surface area (Å²) in [7, 11) is 0. The van der Waals surface area contributed by atoms with Crippen molar-refractivity contribution in [2.45, 2.75) is 111 Å². The van der Waals surface area contributed by atoms with E-state index < -0.39 is 17.6 Å². The van der Waals surface area contributed by atoms with Crippen molar-refractivity contribution in [1.82, 2.24) is 0 Å². The molecule has 0 aromatic carbocycles. The molecule has 9 atom stereocenters. The number of fused-ring (bicyclic) bond motifs is 5. The van der Waals surface area contributed by atoms with Gasteiger partial charge in [-0.3, -0.25) is 0 Å². The van der Waals surface area contributed by atoms with Crippen molar-refractivity contribution in [2.24, 2.45) is 44.3 Å². The van der Waals surface area contributed by atoms with Crippen molar-refractivity contribution in [2.75, 3.05) is 13.2 Å². The predicted molar refractivity (Wildman–Crippen MR) is 132 cm³/mol. The summed E-state index contributed by atoms with van der Waals surface area (Å²) in [5.74, 6) is 0.203. The van der Waals surface area contributed by atoms with Gasteiger partial charge in [0.05, 0.1) is 31.5 Å². The van der Waals surface area contributed by atoms with Gasteiger partial charge in [0, 0.05) is 10.8 Å². The lowest BCUT2D eigenvalue weighted by molar-refractivity contribution is -0.257. The van der Waals surface area contributed by atoms with Gasteiger partial charge >= 0.3 is 0 Å². The highest BCUT2D eigenvalue weighted by atomic mass is 16.3. The third kappa shape index (κ3) is 2.91. The lowest BCUT2D eigenvalue weighted by Gasteiger charge is -2.71. The van der Waals surface area contributed by atoms with E-state index in [0.29, 0.717) is 11.8 Å². The molecule has 5 aliphatic carbocycles. The highest BCUT2D eigenvalue weighted by Gasteiger charge is 2.70. The number of aliphatic hydroxyl groups excluding tert-OH is 5. The Bertz CT molecular complexity index is 863. The van der Waals surface area contributed by atoms with Gasteiger partial charge in [0.1, 0.15) is 0 Å². The van der Waals surface area contributed by atoms with Crippen LogP contribution in [0.2, 0.25) is 0 Å². The average molecular weight is 477 g/mol. The molecular weight excluding hydrogens is 428 g/mol. The lowest BCUT2D eigenvalue weighted by Crippen LogP contribution is -2.69. The zero-order valence-electron chi connectivity index (χ0n) is 22.0. The lowest BCUT2D eigenvalue weighted by atomic mass is 9.34. The highest BCUT2D eigenvalue weighted by molar-refractivity contribution is 5.34. The molecule has 0 saturated heterocycles. The molecule has 1 spiro atoms. The van der Waals surface area contributed by atoms with Crippen molar-refractivity contribution in [1.29, 1.82) is 0 Å². The minimum atomic E-state index is -1.11. The van der Waals surface area contributed by atoms with Crippen molar-refractivity contribution in [3.05, 3.63) is 11.6 Å². The highest BCUT2D eigenvalue weighted by Crippen LogP contribution is 2.74. The molecule has 5 aliphatic rings. The summed E-state index contributed by atoms with van der Waals surface area (Å²) < 4.78 is 0. The van der Waals surface area contributed by atoms with E-state index in [9.17, 15) is 25.5 Å². The molecular formula is C29H48O5. The first kappa shape index (κ1) is 25.2. The fraction of sp³-hybridized carbons (Fsp3) is 0.931. The maximum Gasteiger partial charge on any atom is 0.0902 e. The van der Waals surface area contributed by atoms with Crippen LogP contribution in [-0.2, 0) is 0 Å². The van der Waals surface area contributed by atoms with Gasteiger partial charge < -0.3 is 25.5 Å². The minimum Gasteiger partial charge on any atom is -0.396 e. The van der Waals surface area contributed by atoms with Gasteiger partial charge in [-0.15, -0.1) is 0 Å². The van der Waals surface area contributed by atoms with Crippen LogP contribution in [0.3, 0.4) is 0 Å². The van der Waals surface area contributed by atoms with Gasteiger partial charge in [0.25, 0.3) is 0 Å². The topological polar surface area (TPSA) is 101 Å². The number of hydrogen-bond donors (Lipinski definition) is 5. The van der Waals surface area contributed by atoms with Gasteiger partial charge in [-0.1, -0.05) is 40.7 Å². The third-order valence-corrected chi connectivity index (χ3v) is 12.8. The Morgan fingerprint density at radius 2 is 1.50 bits per heavy atom. The van der Waals surface area contributed by atoms with Crippen LogP contribution in [-0.4, -0.2) is 57.1 Å². The first-order valence-electron chi connectivity index (χ1n) is 13.7. The van der Waals surface area contributed by atoms with Crippen molar-refractivity contribution in [3.8, 4) is 0 Å². The Kier molecular flexibility index (Phi) is 5.59. The van der Waals surface area contributed by atoms with Crippen molar-refractivity contribution >= 4 is 0 Å². The van der Waals surface area contributed by atoms with Crippen LogP contribution in [0, 0.1) is 44.3 Å². The molecule has 5 rings (SSSR count). The normalized spacial score (nSPS) is 53.6. The van der Waals surface area contributed by atoms with Crippen LogP contribution in [0.4, 0.5) is 0 Å². The quantitative estimate of drug-likeness (QED) is 0.390. The molecule has 194 valence electrons. The Labute approximate surface area is 205 Å². The van der Waals surface area contributed by atoms with Gasteiger partial charge in [0.15, 0.2) is 0 Å². The van der Waals surface area contributed by atoms with Gasteiger partial charge in [-0.05, 0) is 96.9 Å². The van der Waals surface area contributed by atoms with E-state index in [1.165, 1.54) is 12.0 Å². The molecule has 0 radical (unpaired) electrons. The predicted octanol–water partition coefficient (Wildman–Crippen LogP) is 3.81. The Hall–Kier alpha value is -0.460. The standard InChI is InChI=1S/C29H48O5/c1-24(2)10-12-28(15-24)13-11-26(4)18(22(28)33)6-7-20-25(3)14-19(32)23(34)29(16-30,17-31)21(25)8-9-27(20,26)5/h6,19-23,30-34H,7-17H2,1-5H3/t19-,20-,21-,22-,23-,25-,26-,27-,28+/m1/s1. The van der Waals surface area contributed by atoms with Crippen LogP contribution < -0.4 is 0 Å². The number of aliphatic hydroxyl groups is 5. The second-order valence-electron chi connectivity index (χ2n) is 14.7. The van der Waals surface area contributed by atoms with E-state index in [1.54, 1.807) is 0 Å². The number of allylic oxidation sites excluding steroid dienone is 1. The Morgan fingerprint density at radius 1 is 0.853 bits per heavy atom. The summed E-state index contributed by atoms with van der Waals surface area (Å²) in [6.07, 6.45) is 8.49. The van der Waals surface area contributed by atoms with Crippen LogP contribution >= 0.6 is 0 Å². The molecule has 0 heterocycles. The summed E-state index contributed by atoms with van der Waals surface area (Å²) in [5.41, 5.74) is 0.0129. The Morgan fingerprint density at radius 3 is 2.09 bits per heavy atom. The molecule has 34 heavy (non-hydrogen) atoms. The van der Waals surface area contributed by atoms with E-state index in [4.69, 9.17) is 0 Å². The first-order chi connectivity index (χ1) is 15.8. The van der Waals surface area contributed by atoms with E-state index in [-0.39, 0.29) is 52.8 Å². The number of hydrogen-bond acceptors (Lipinski definition) is 5. The van der Waals surface area contributed by atoms with Crippen LogP contribution in [0.25, 0.3) is 0 Å². The summed E-state index contributed by atoms with van der Waals surface area (Å²) in [6, 6.07) is 0. The van der Waals surface area contributed by atoms with E-state index in [0.717, 1.165) is 44.9 Å². The monoisotopic (exact) mass is 476 g/mol. The third-order valence-electron chi connectivity index (χ3n) is 12.8. The van der Waals surface area contributed by atoms with Gasteiger partial charge in [-0.25, -0.2) is 0 Å². The smallest absolute Gasteiger partial charge is 0.0902 e. The zero-order valence-corrected chi connectivity index (χ0v) is 22.0. The average Bonchev–Trinajstić information content (AvgIpc) is 3.09. The minimum absolute atomic E-state index is 0.00716. The van der Waals surface area contributed by atoms with Crippen molar-refractivity contribution < 1.29 is 25.5 Å². The Balaban J connectivity index is 1.56. The molecule has 0 amide bonds. The van der Waals surface area contributed by atoms with Crippen LogP contribution in [0.1, 0.15) is 92.4 Å². The summed E-state index contributed by atoms with van der Waals surface area (Å²) >= 11 is 0. The first-order valence-corrected chi connectivity index (χ1v) is 13.7. The van der Waals surface area contributed by atoms with Crippen molar-refractivity contribution in [3.63, 3.8) is 0 Å². The molecule has 5 heteroatoms. The maximum atomic E-state index is 11.9. The van der Waals surface area contributed by atoms with Gasteiger partial charge in [-0.2, -0.15) is 0 Å². The number of rotatable bonds is 2.